The highest BCUT2D eigenvalue weighted by Crippen LogP contribution is 2.14. The Labute approximate surface area is 157 Å². The van der Waals surface area contributed by atoms with Gasteiger partial charge in [0.15, 0.2) is 5.96 Å². The molecule has 0 unspecified atom stereocenters. The second kappa shape index (κ2) is 10.8. The molecule has 0 radical (unpaired) electrons. The number of aliphatic imine (C=N–C) groups is 1. The van der Waals surface area contributed by atoms with Gasteiger partial charge < -0.3 is 20.3 Å². The van der Waals surface area contributed by atoms with Crippen LogP contribution in [-0.4, -0.2) is 62.7 Å². The van der Waals surface area contributed by atoms with E-state index in [0.717, 1.165) is 57.0 Å². The van der Waals surface area contributed by atoms with E-state index in [9.17, 15) is 4.79 Å². The summed E-state index contributed by atoms with van der Waals surface area (Å²) in [6.07, 6.45) is 3.29. The van der Waals surface area contributed by atoms with Gasteiger partial charge in [0.1, 0.15) is 0 Å². The Hall–Kier alpha value is -2.08. The molecule has 144 valence electrons. The molecular formula is C20H32N4O2. The summed E-state index contributed by atoms with van der Waals surface area (Å²) in [7, 11) is 1.65. The Morgan fingerprint density at radius 2 is 2.08 bits per heavy atom. The summed E-state index contributed by atoms with van der Waals surface area (Å²) in [4.78, 5) is 18.9. The molecule has 0 bridgehead atoms. The molecular weight excluding hydrogens is 328 g/mol. The van der Waals surface area contributed by atoms with E-state index in [1.54, 1.807) is 7.05 Å². The molecule has 26 heavy (non-hydrogen) atoms. The lowest BCUT2D eigenvalue weighted by atomic mass is 10.1. The van der Waals surface area contributed by atoms with Crippen molar-refractivity contribution in [2.24, 2.45) is 4.99 Å². The fourth-order valence-electron chi connectivity index (χ4n) is 3.20. The van der Waals surface area contributed by atoms with Gasteiger partial charge in [-0.3, -0.25) is 9.79 Å². The number of benzene rings is 1. The Bertz CT molecular complexity index is 595. The van der Waals surface area contributed by atoms with Crippen LogP contribution in [0.5, 0.6) is 0 Å². The molecule has 1 amide bonds. The van der Waals surface area contributed by atoms with Crippen molar-refractivity contribution < 1.29 is 9.53 Å². The van der Waals surface area contributed by atoms with Crippen LogP contribution in [0.2, 0.25) is 0 Å². The van der Waals surface area contributed by atoms with Crippen molar-refractivity contribution in [2.45, 2.75) is 39.2 Å². The number of hydrogen-bond acceptors (Lipinski definition) is 3. The van der Waals surface area contributed by atoms with E-state index in [1.807, 2.05) is 24.3 Å². The third kappa shape index (κ3) is 6.02. The summed E-state index contributed by atoms with van der Waals surface area (Å²) in [5.41, 5.74) is 1.82. The van der Waals surface area contributed by atoms with E-state index >= 15 is 0 Å². The molecule has 2 N–H and O–H groups in total. The van der Waals surface area contributed by atoms with Crippen LogP contribution in [-0.2, 0) is 11.2 Å². The molecule has 2 rings (SSSR count). The lowest BCUT2D eigenvalue weighted by Crippen LogP contribution is -2.47. The first-order chi connectivity index (χ1) is 12.7. The second-order valence-corrected chi connectivity index (χ2v) is 6.41. The number of nitrogens with one attached hydrogen (secondary N) is 2. The summed E-state index contributed by atoms with van der Waals surface area (Å²) in [5.74, 6) is 0.922. The van der Waals surface area contributed by atoms with Crippen LogP contribution >= 0.6 is 0 Å². The van der Waals surface area contributed by atoms with Gasteiger partial charge in [0, 0.05) is 45.4 Å². The van der Waals surface area contributed by atoms with Gasteiger partial charge in [-0.25, -0.2) is 0 Å². The Morgan fingerprint density at radius 1 is 1.31 bits per heavy atom. The first-order valence-corrected chi connectivity index (χ1v) is 9.63. The van der Waals surface area contributed by atoms with Crippen molar-refractivity contribution in [3.8, 4) is 0 Å². The lowest BCUT2D eigenvalue weighted by Gasteiger charge is -2.34. The molecule has 1 aromatic carbocycles. The molecule has 1 saturated heterocycles. The van der Waals surface area contributed by atoms with E-state index in [4.69, 9.17) is 9.73 Å². The van der Waals surface area contributed by atoms with Crippen molar-refractivity contribution in [3.63, 3.8) is 0 Å². The summed E-state index contributed by atoms with van der Waals surface area (Å²) in [5, 5.41) is 6.06. The third-order valence-corrected chi connectivity index (χ3v) is 4.56. The largest absolute Gasteiger partial charge is 0.378 e. The fourth-order valence-corrected chi connectivity index (χ4v) is 3.20. The lowest BCUT2D eigenvalue weighted by molar-refractivity contribution is 0.0264. The highest BCUT2D eigenvalue weighted by atomic mass is 16.5. The molecule has 0 aromatic heterocycles. The number of hydrogen-bond donors (Lipinski definition) is 2. The van der Waals surface area contributed by atoms with Crippen molar-refractivity contribution in [3.05, 3.63) is 35.4 Å². The van der Waals surface area contributed by atoms with Crippen LogP contribution in [0.1, 0.15) is 42.6 Å². The van der Waals surface area contributed by atoms with Crippen molar-refractivity contribution in [1.29, 1.82) is 0 Å². The zero-order chi connectivity index (χ0) is 18.8. The zero-order valence-corrected chi connectivity index (χ0v) is 16.3. The monoisotopic (exact) mass is 360 g/mol. The molecule has 1 heterocycles. The topological polar surface area (TPSA) is 66.0 Å². The van der Waals surface area contributed by atoms with E-state index < -0.39 is 0 Å². The first kappa shape index (κ1) is 20.2. The Balaban J connectivity index is 1.92. The number of guanidine groups is 1. The Morgan fingerprint density at radius 3 is 2.73 bits per heavy atom. The summed E-state index contributed by atoms with van der Waals surface area (Å²) < 4.78 is 5.73. The predicted molar refractivity (Wildman–Crippen MR) is 106 cm³/mol. The standard InChI is InChI=1S/C20H32N4O2/c1-4-22-20(24-13-10-18(11-14-24)26-5-2)23-12-9-16-7-6-8-17(15-16)19(25)21-3/h6-8,15,18H,4-5,9-14H2,1-3H3,(H,21,25)(H,22,23). The SMILES string of the molecule is CCNC(=NCCc1cccc(C(=O)NC)c1)N1CCC(OCC)CC1. The van der Waals surface area contributed by atoms with Crippen LogP contribution in [0.15, 0.2) is 29.3 Å². The van der Waals surface area contributed by atoms with E-state index in [0.29, 0.717) is 18.2 Å². The van der Waals surface area contributed by atoms with Crippen LogP contribution in [0.4, 0.5) is 0 Å². The highest BCUT2D eigenvalue weighted by molar-refractivity contribution is 5.94. The molecule has 1 fully saturated rings. The minimum absolute atomic E-state index is 0.0548. The third-order valence-electron chi connectivity index (χ3n) is 4.56. The van der Waals surface area contributed by atoms with Gasteiger partial charge in [-0.05, 0) is 50.8 Å². The van der Waals surface area contributed by atoms with E-state index in [-0.39, 0.29) is 5.91 Å². The van der Waals surface area contributed by atoms with Gasteiger partial charge in [-0.1, -0.05) is 12.1 Å². The maximum atomic E-state index is 11.7. The van der Waals surface area contributed by atoms with Crippen LogP contribution in [0, 0.1) is 0 Å². The fraction of sp³-hybridized carbons (Fsp3) is 0.600. The average molecular weight is 361 g/mol. The molecule has 0 aliphatic carbocycles. The highest BCUT2D eigenvalue weighted by Gasteiger charge is 2.21. The molecule has 0 atom stereocenters. The summed E-state index contributed by atoms with van der Waals surface area (Å²) >= 11 is 0. The van der Waals surface area contributed by atoms with Gasteiger partial charge in [0.2, 0.25) is 0 Å². The minimum atomic E-state index is -0.0548. The normalized spacial score (nSPS) is 15.8. The van der Waals surface area contributed by atoms with Crippen molar-refractivity contribution in [1.82, 2.24) is 15.5 Å². The predicted octanol–water partition coefficient (Wildman–Crippen LogP) is 2.06. The quantitative estimate of drug-likeness (QED) is 0.577. The van der Waals surface area contributed by atoms with Crippen molar-refractivity contribution >= 4 is 11.9 Å². The number of amides is 1. The van der Waals surface area contributed by atoms with Gasteiger partial charge in [-0.2, -0.15) is 0 Å². The number of carbonyl (C=O) groups excluding carboxylic acids is 1. The number of carbonyl (C=O) groups is 1. The van der Waals surface area contributed by atoms with Crippen LogP contribution < -0.4 is 10.6 Å². The number of ether oxygens (including phenoxy) is 1. The van der Waals surface area contributed by atoms with Gasteiger partial charge >= 0.3 is 0 Å². The Kier molecular flexibility index (Phi) is 8.41. The molecule has 1 aromatic rings. The second-order valence-electron chi connectivity index (χ2n) is 6.41. The molecule has 6 heteroatoms. The molecule has 1 aliphatic rings. The van der Waals surface area contributed by atoms with Gasteiger partial charge in [0.05, 0.1) is 6.10 Å². The number of piperidine rings is 1. The number of nitrogens with zero attached hydrogens (tertiary/aromatic N) is 2. The average Bonchev–Trinajstić information content (AvgIpc) is 2.68. The molecule has 6 nitrogen and oxygen atoms in total. The van der Waals surface area contributed by atoms with Crippen molar-refractivity contribution in [2.75, 3.05) is 39.8 Å². The first-order valence-electron chi connectivity index (χ1n) is 9.63. The molecule has 0 spiro atoms. The summed E-state index contributed by atoms with van der Waals surface area (Å²) in [6.45, 7) is 8.44. The van der Waals surface area contributed by atoms with Gasteiger partial charge in [-0.15, -0.1) is 0 Å². The van der Waals surface area contributed by atoms with Gasteiger partial charge in [0.25, 0.3) is 5.91 Å². The number of likely N-dealkylation sites (tertiary alicyclic amines) is 1. The molecule has 0 saturated carbocycles. The van der Waals surface area contributed by atoms with Crippen LogP contribution in [0.25, 0.3) is 0 Å². The minimum Gasteiger partial charge on any atom is -0.378 e. The van der Waals surface area contributed by atoms with E-state index in [2.05, 4.69) is 29.4 Å². The zero-order valence-electron chi connectivity index (χ0n) is 16.3. The smallest absolute Gasteiger partial charge is 0.251 e. The molecule has 1 aliphatic heterocycles. The summed E-state index contributed by atoms with van der Waals surface area (Å²) in [6, 6.07) is 7.74. The van der Waals surface area contributed by atoms with Crippen LogP contribution in [0.3, 0.4) is 0 Å². The number of rotatable bonds is 7. The maximum absolute atomic E-state index is 11.7. The van der Waals surface area contributed by atoms with E-state index in [1.165, 1.54) is 0 Å². The maximum Gasteiger partial charge on any atom is 0.251 e.